The highest BCUT2D eigenvalue weighted by molar-refractivity contribution is 5.79. The Balaban J connectivity index is 2.19. The molecule has 0 aliphatic rings. The summed E-state index contributed by atoms with van der Waals surface area (Å²) < 4.78 is 0. The number of hydrogen-bond donors (Lipinski definition) is 2. The van der Waals surface area contributed by atoms with Gasteiger partial charge < -0.3 is 10.4 Å². The Hall–Kier alpha value is -1.51. The molecule has 0 heterocycles. The zero-order valence-electron chi connectivity index (χ0n) is 12.7. The molecular weight excluding hydrogens is 250 g/mol. The van der Waals surface area contributed by atoms with Crippen LogP contribution in [0.4, 0.5) is 0 Å². The molecule has 0 radical (unpaired) electrons. The molecule has 0 aliphatic carbocycles. The van der Waals surface area contributed by atoms with Gasteiger partial charge in [-0.2, -0.15) is 0 Å². The summed E-state index contributed by atoms with van der Waals surface area (Å²) >= 11 is 0. The fraction of sp³-hybridized carbons (Fsp3) is 0.588. The summed E-state index contributed by atoms with van der Waals surface area (Å²) in [5.41, 5.74) is 1.76. The smallest absolute Gasteiger partial charge is 0.224 e. The van der Waals surface area contributed by atoms with Crippen molar-refractivity contribution in [2.24, 2.45) is 0 Å². The average molecular weight is 277 g/mol. The van der Waals surface area contributed by atoms with Gasteiger partial charge in [-0.3, -0.25) is 4.79 Å². The molecule has 0 spiro atoms. The van der Waals surface area contributed by atoms with Crippen LogP contribution in [0.1, 0.15) is 56.6 Å². The van der Waals surface area contributed by atoms with E-state index in [1.54, 1.807) is 6.07 Å². The largest absolute Gasteiger partial charge is 0.508 e. The minimum Gasteiger partial charge on any atom is -0.508 e. The molecule has 0 atom stereocenters. The summed E-state index contributed by atoms with van der Waals surface area (Å²) in [6.07, 6.45) is 7.58. The maximum Gasteiger partial charge on any atom is 0.224 e. The van der Waals surface area contributed by atoms with E-state index in [2.05, 4.69) is 12.2 Å². The molecule has 1 aromatic carbocycles. The first-order chi connectivity index (χ1) is 9.63. The minimum atomic E-state index is -0.0144. The first-order valence-corrected chi connectivity index (χ1v) is 7.68. The van der Waals surface area contributed by atoms with E-state index in [0.29, 0.717) is 5.56 Å². The number of amides is 1. The number of aryl methyl sites for hydroxylation is 1. The van der Waals surface area contributed by atoms with Crippen molar-refractivity contribution in [3.05, 3.63) is 29.3 Å². The third kappa shape index (κ3) is 6.60. The monoisotopic (exact) mass is 277 g/mol. The van der Waals surface area contributed by atoms with E-state index in [0.717, 1.165) is 18.5 Å². The number of unbranched alkanes of at least 4 members (excludes halogenated alkanes) is 5. The van der Waals surface area contributed by atoms with Gasteiger partial charge >= 0.3 is 0 Å². The van der Waals surface area contributed by atoms with Gasteiger partial charge in [0, 0.05) is 12.1 Å². The molecule has 20 heavy (non-hydrogen) atoms. The van der Waals surface area contributed by atoms with E-state index >= 15 is 0 Å². The van der Waals surface area contributed by atoms with Crippen molar-refractivity contribution in [1.82, 2.24) is 5.32 Å². The van der Waals surface area contributed by atoms with Gasteiger partial charge in [0.15, 0.2) is 0 Å². The van der Waals surface area contributed by atoms with Gasteiger partial charge in [0.05, 0.1) is 6.42 Å². The fourth-order valence-electron chi connectivity index (χ4n) is 2.22. The van der Waals surface area contributed by atoms with Crippen LogP contribution in [0, 0.1) is 6.92 Å². The van der Waals surface area contributed by atoms with E-state index in [-0.39, 0.29) is 18.1 Å². The number of carbonyl (C=O) groups excluding carboxylic acids is 1. The van der Waals surface area contributed by atoms with Gasteiger partial charge in [-0.1, -0.05) is 56.7 Å². The number of rotatable bonds is 9. The molecule has 1 amide bonds. The normalized spacial score (nSPS) is 10.5. The number of hydrogen-bond acceptors (Lipinski definition) is 2. The molecule has 0 bridgehead atoms. The SMILES string of the molecule is CCCCCCCCNC(=O)Cc1cc(C)ccc1O. The van der Waals surface area contributed by atoms with Crippen molar-refractivity contribution in [3.8, 4) is 5.75 Å². The Morgan fingerprint density at radius 3 is 2.60 bits per heavy atom. The van der Waals surface area contributed by atoms with E-state index in [1.807, 2.05) is 19.1 Å². The van der Waals surface area contributed by atoms with E-state index < -0.39 is 0 Å². The molecule has 112 valence electrons. The van der Waals surface area contributed by atoms with Crippen molar-refractivity contribution >= 4 is 5.91 Å². The molecule has 0 saturated heterocycles. The standard InChI is InChI=1S/C17H27NO2/c1-3-4-5-6-7-8-11-18-17(20)13-15-12-14(2)9-10-16(15)19/h9-10,12,19H,3-8,11,13H2,1-2H3,(H,18,20). The summed E-state index contributed by atoms with van der Waals surface area (Å²) in [6.45, 7) is 4.90. The highest BCUT2D eigenvalue weighted by Gasteiger charge is 2.07. The minimum absolute atomic E-state index is 0.0144. The van der Waals surface area contributed by atoms with Gasteiger partial charge in [0.25, 0.3) is 0 Å². The van der Waals surface area contributed by atoms with Crippen molar-refractivity contribution in [3.63, 3.8) is 0 Å². The molecule has 2 N–H and O–H groups in total. The number of nitrogens with one attached hydrogen (secondary N) is 1. The van der Waals surface area contributed by atoms with Gasteiger partial charge in [0.2, 0.25) is 5.91 Å². The van der Waals surface area contributed by atoms with Gasteiger partial charge in [-0.15, -0.1) is 0 Å². The number of benzene rings is 1. The van der Waals surface area contributed by atoms with Crippen molar-refractivity contribution in [1.29, 1.82) is 0 Å². The van der Waals surface area contributed by atoms with E-state index in [1.165, 1.54) is 32.1 Å². The van der Waals surface area contributed by atoms with E-state index in [9.17, 15) is 9.90 Å². The molecule has 1 aromatic rings. The highest BCUT2D eigenvalue weighted by atomic mass is 16.3. The second kappa shape index (κ2) is 9.40. The number of phenolic OH excluding ortho intramolecular Hbond substituents is 1. The number of aromatic hydroxyl groups is 1. The zero-order valence-corrected chi connectivity index (χ0v) is 12.7. The van der Waals surface area contributed by atoms with Gasteiger partial charge in [-0.25, -0.2) is 0 Å². The molecular formula is C17H27NO2. The molecule has 1 rings (SSSR count). The van der Waals surface area contributed by atoms with Crippen LogP contribution < -0.4 is 5.32 Å². The lowest BCUT2D eigenvalue weighted by molar-refractivity contribution is -0.120. The predicted octanol–water partition coefficient (Wildman–Crippen LogP) is 3.72. The second-order valence-corrected chi connectivity index (χ2v) is 5.43. The third-order valence-electron chi connectivity index (χ3n) is 3.44. The Morgan fingerprint density at radius 1 is 1.15 bits per heavy atom. The molecule has 0 fully saturated rings. The average Bonchev–Trinajstić information content (AvgIpc) is 2.42. The lowest BCUT2D eigenvalue weighted by Gasteiger charge is -2.07. The summed E-state index contributed by atoms with van der Waals surface area (Å²) in [4.78, 5) is 11.8. The maximum absolute atomic E-state index is 11.8. The third-order valence-corrected chi connectivity index (χ3v) is 3.44. The molecule has 3 nitrogen and oxygen atoms in total. The number of carbonyl (C=O) groups is 1. The van der Waals surface area contributed by atoms with Gasteiger partial charge in [-0.05, 0) is 19.4 Å². The first kappa shape index (κ1) is 16.5. The summed E-state index contributed by atoms with van der Waals surface area (Å²) in [6, 6.07) is 5.35. The molecule has 0 saturated carbocycles. The van der Waals surface area contributed by atoms with Crippen LogP contribution in [-0.2, 0) is 11.2 Å². The summed E-state index contributed by atoms with van der Waals surface area (Å²) in [5, 5.41) is 12.6. The Morgan fingerprint density at radius 2 is 1.85 bits per heavy atom. The Kier molecular flexibility index (Phi) is 7.78. The van der Waals surface area contributed by atoms with Crippen LogP contribution >= 0.6 is 0 Å². The molecule has 3 heteroatoms. The Labute approximate surface area is 122 Å². The lowest BCUT2D eigenvalue weighted by atomic mass is 10.1. The van der Waals surface area contributed by atoms with Crippen molar-refractivity contribution in [2.75, 3.05) is 6.54 Å². The summed E-state index contributed by atoms with van der Waals surface area (Å²) in [5.74, 6) is 0.185. The lowest BCUT2D eigenvalue weighted by Crippen LogP contribution is -2.26. The van der Waals surface area contributed by atoms with Crippen LogP contribution in [-0.4, -0.2) is 17.6 Å². The molecule has 0 unspecified atom stereocenters. The first-order valence-electron chi connectivity index (χ1n) is 7.68. The van der Waals surface area contributed by atoms with Crippen LogP contribution in [0.3, 0.4) is 0 Å². The van der Waals surface area contributed by atoms with Crippen LogP contribution in [0.15, 0.2) is 18.2 Å². The second-order valence-electron chi connectivity index (χ2n) is 5.43. The summed E-state index contributed by atoms with van der Waals surface area (Å²) in [7, 11) is 0. The quantitative estimate of drug-likeness (QED) is 0.676. The molecule has 0 aromatic heterocycles. The topological polar surface area (TPSA) is 49.3 Å². The Bertz CT molecular complexity index is 415. The zero-order chi connectivity index (χ0) is 14.8. The van der Waals surface area contributed by atoms with Crippen LogP contribution in [0.2, 0.25) is 0 Å². The van der Waals surface area contributed by atoms with Crippen molar-refractivity contribution < 1.29 is 9.90 Å². The fourth-order valence-corrected chi connectivity index (χ4v) is 2.22. The molecule has 0 aliphatic heterocycles. The number of phenols is 1. The van der Waals surface area contributed by atoms with Crippen LogP contribution in [0.5, 0.6) is 5.75 Å². The predicted molar refractivity (Wildman–Crippen MR) is 82.9 cm³/mol. The highest BCUT2D eigenvalue weighted by Crippen LogP contribution is 2.18. The van der Waals surface area contributed by atoms with Crippen molar-refractivity contribution in [2.45, 2.75) is 58.8 Å². The van der Waals surface area contributed by atoms with Crippen LogP contribution in [0.25, 0.3) is 0 Å². The van der Waals surface area contributed by atoms with Gasteiger partial charge in [0.1, 0.15) is 5.75 Å². The maximum atomic E-state index is 11.8. The van der Waals surface area contributed by atoms with E-state index in [4.69, 9.17) is 0 Å².